The summed E-state index contributed by atoms with van der Waals surface area (Å²) in [5.41, 5.74) is 2.85. The number of aryl methyl sites for hydroxylation is 1. The molecule has 4 heterocycles. The predicted octanol–water partition coefficient (Wildman–Crippen LogP) is 4.10. The van der Waals surface area contributed by atoms with Gasteiger partial charge in [-0.1, -0.05) is 29.0 Å². The Balaban J connectivity index is 1.37. The number of hydrogen-bond donors (Lipinski definition) is 0. The number of aromatic nitrogens is 2. The minimum Gasteiger partial charge on any atom is -0.355 e. The van der Waals surface area contributed by atoms with Crippen LogP contribution in [-0.2, 0) is 0 Å². The molecule has 136 valence electrons. The normalized spacial score (nSPS) is 21.7. The molecule has 2 atom stereocenters. The van der Waals surface area contributed by atoms with Crippen molar-refractivity contribution in [2.24, 2.45) is 11.8 Å². The Morgan fingerprint density at radius 3 is 2.59 bits per heavy atom. The second-order valence-electron chi connectivity index (χ2n) is 7.35. The van der Waals surface area contributed by atoms with Gasteiger partial charge < -0.3 is 9.80 Å². The number of anilines is 2. The Morgan fingerprint density at radius 2 is 1.89 bits per heavy atom. The van der Waals surface area contributed by atoms with E-state index in [4.69, 9.17) is 16.6 Å². The van der Waals surface area contributed by atoms with Crippen molar-refractivity contribution in [3.63, 3.8) is 0 Å². The van der Waals surface area contributed by atoms with Crippen LogP contribution in [0.1, 0.15) is 11.1 Å². The molecule has 7 heteroatoms. The number of rotatable bonds is 2. The van der Waals surface area contributed by atoms with E-state index in [2.05, 4.69) is 27.8 Å². The zero-order valence-corrected chi connectivity index (χ0v) is 16.5. The van der Waals surface area contributed by atoms with Crippen molar-refractivity contribution in [3.8, 4) is 6.07 Å². The van der Waals surface area contributed by atoms with Gasteiger partial charge in [-0.25, -0.2) is 9.97 Å². The van der Waals surface area contributed by atoms with Gasteiger partial charge in [-0.15, -0.1) is 0 Å². The molecule has 5 rings (SSSR count). The van der Waals surface area contributed by atoms with Gasteiger partial charge >= 0.3 is 0 Å². The topological polar surface area (TPSA) is 56.0 Å². The van der Waals surface area contributed by atoms with Crippen molar-refractivity contribution in [2.75, 3.05) is 36.0 Å². The third kappa shape index (κ3) is 2.73. The Kier molecular flexibility index (Phi) is 3.96. The molecule has 2 fully saturated rings. The lowest BCUT2D eigenvalue weighted by atomic mass is 10.0. The number of thiazole rings is 1. The van der Waals surface area contributed by atoms with E-state index in [9.17, 15) is 5.26 Å². The second-order valence-corrected chi connectivity index (χ2v) is 8.74. The molecule has 27 heavy (non-hydrogen) atoms. The SMILES string of the molecule is Cc1ccc(Cl)c2sc(N3CC4CN(c5ncccc5C#N)CC4C3)nc12. The third-order valence-electron chi connectivity index (χ3n) is 5.65. The second kappa shape index (κ2) is 6.36. The van der Waals surface area contributed by atoms with Gasteiger partial charge in [0.1, 0.15) is 11.9 Å². The smallest absolute Gasteiger partial charge is 0.186 e. The number of nitrogens with zero attached hydrogens (tertiary/aromatic N) is 5. The fraction of sp³-hybridized carbons (Fsp3) is 0.350. The fourth-order valence-corrected chi connectivity index (χ4v) is 5.62. The van der Waals surface area contributed by atoms with Crippen molar-refractivity contribution >= 4 is 44.1 Å². The van der Waals surface area contributed by atoms with Crippen LogP contribution < -0.4 is 9.80 Å². The fourth-order valence-electron chi connectivity index (χ4n) is 4.28. The largest absolute Gasteiger partial charge is 0.355 e. The van der Waals surface area contributed by atoms with Crippen LogP contribution in [0.15, 0.2) is 30.5 Å². The van der Waals surface area contributed by atoms with Gasteiger partial charge in [0.2, 0.25) is 0 Å². The van der Waals surface area contributed by atoms with E-state index in [0.717, 1.165) is 52.4 Å². The average molecular weight is 396 g/mol. The molecule has 0 radical (unpaired) electrons. The lowest BCUT2D eigenvalue weighted by Gasteiger charge is -2.22. The van der Waals surface area contributed by atoms with Crippen LogP contribution in [0.25, 0.3) is 10.2 Å². The maximum absolute atomic E-state index is 9.34. The molecule has 0 spiro atoms. The van der Waals surface area contributed by atoms with Crippen LogP contribution in [0.4, 0.5) is 10.9 Å². The highest BCUT2D eigenvalue weighted by atomic mass is 35.5. The minimum absolute atomic E-state index is 0.571. The highest BCUT2D eigenvalue weighted by Crippen LogP contribution is 2.40. The highest BCUT2D eigenvalue weighted by molar-refractivity contribution is 7.22. The van der Waals surface area contributed by atoms with Crippen LogP contribution in [0.2, 0.25) is 5.02 Å². The van der Waals surface area contributed by atoms with Crippen molar-refractivity contribution in [1.29, 1.82) is 5.26 Å². The molecule has 2 unspecified atom stereocenters. The number of fused-ring (bicyclic) bond motifs is 2. The molecule has 0 N–H and O–H groups in total. The molecule has 2 aromatic heterocycles. The molecule has 0 aliphatic carbocycles. The van der Waals surface area contributed by atoms with Crippen LogP contribution in [0.3, 0.4) is 0 Å². The summed E-state index contributed by atoms with van der Waals surface area (Å²) >= 11 is 8.06. The first-order valence-electron chi connectivity index (χ1n) is 9.04. The van der Waals surface area contributed by atoms with E-state index in [0.29, 0.717) is 17.4 Å². The van der Waals surface area contributed by atoms with Crippen LogP contribution in [-0.4, -0.2) is 36.1 Å². The maximum atomic E-state index is 9.34. The monoisotopic (exact) mass is 395 g/mol. The minimum atomic E-state index is 0.571. The lowest BCUT2D eigenvalue weighted by Crippen LogP contribution is -2.29. The maximum Gasteiger partial charge on any atom is 0.186 e. The number of halogens is 1. The number of nitriles is 1. The van der Waals surface area contributed by atoms with Gasteiger partial charge in [0.05, 0.1) is 20.8 Å². The molecule has 0 bridgehead atoms. The molecule has 1 aromatic carbocycles. The van der Waals surface area contributed by atoms with E-state index < -0.39 is 0 Å². The summed E-state index contributed by atoms with van der Waals surface area (Å²) in [5.74, 6) is 1.97. The summed E-state index contributed by atoms with van der Waals surface area (Å²) in [5, 5.41) is 11.2. The summed E-state index contributed by atoms with van der Waals surface area (Å²) < 4.78 is 1.08. The number of benzene rings is 1. The first kappa shape index (κ1) is 16.8. The van der Waals surface area contributed by atoms with E-state index in [1.54, 1.807) is 17.5 Å². The first-order valence-corrected chi connectivity index (χ1v) is 10.2. The number of pyridine rings is 1. The van der Waals surface area contributed by atoms with E-state index in [-0.39, 0.29) is 0 Å². The summed E-state index contributed by atoms with van der Waals surface area (Å²) in [6, 6.07) is 9.91. The van der Waals surface area contributed by atoms with Gasteiger partial charge in [-0.05, 0) is 30.7 Å². The van der Waals surface area contributed by atoms with Crippen molar-refractivity contribution in [2.45, 2.75) is 6.92 Å². The summed E-state index contributed by atoms with van der Waals surface area (Å²) in [7, 11) is 0. The predicted molar refractivity (Wildman–Crippen MR) is 110 cm³/mol. The van der Waals surface area contributed by atoms with Gasteiger partial charge in [-0.3, -0.25) is 0 Å². The average Bonchev–Trinajstić information content (AvgIpc) is 3.37. The Bertz CT molecular complexity index is 1020. The molecule has 2 aliphatic rings. The van der Waals surface area contributed by atoms with Crippen LogP contribution in [0, 0.1) is 30.1 Å². The molecule has 2 saturated heterocycles. The van der Waals surface area contributed by atoms with Crippen molar-refractivity contribution < 1.29 is 0 Å². The summed E-state index contributed by atoms with van der Waals surface area (Å²) in [6.07, 6.45) is 1.77. The molecule has 2 aliphatic heterocycles. The third-order valence-corrected chi connectivity index (χ3v) is 7.23. The Labute approximate surface area is 166 Å². The van der Waals surface area contributed by atoms with E-state index >= 15 is 0 Å². The van der Waals surface area contributed by atoms with E-state index in [1.165, 1.54) is 5.56 Å². The van der Waals surface area contributed by atoms with Crippen molar-refractivity contribution in [1.82, 2.24) is 9.97 Å². The van der Waals surface area contributed by atoms with Gasteiger partial charge in [-0.2, -0.15) is 5.26 Å². The van der Waals surface area contributed by atoms with Gasteiger partial charge in [0, 0.05) is 44.2 Å². The summed E-state index contributed by atoms with van der Waals surface area (Å²) in [6.45, 7) is 5.95. The van der Waals surface area contributed by atoms with Crippen LogP contribution in [0.5, 0.6) is 0 Å². The molecule has 0 saturated carbocycles. The number of hydrogen-bond acceptors (Lipinski definition) is 6. The first-order chi connectivity index (χ1) is 13.1. The van der Waals surface area contributed by atoms with Crippen LogP contribution >= 0.6 is 22.9 Å². The lowest BCUT2D eigenvalue weighted by molar-refractivity contribution is 0.533. The molecular formula is C20H18ClN5S. The summed E-state index contributed by atoms with van der Waals surface area (Å²) in [4.78, 5) is 14.0. The Hall–Kier alpha value is -2.36. The van der Waals surface area contributed by atoms with Gasteiger partial charge in [0.25, 0.3) is 0 Å². The molecule has 5 nitrogen and oxygen atoms in total. The zero-order valence-electron chi connectivity index (χ0n) is 14.9. The Morgan fingerprint density at radius 1 is 1.15 bits per heavy atom. The van der Waals surface area contributed by atoms with E-state index in [1.807, 2.05) is 24.3 Å². The molecule has 3 aromatic rings. The van der Waals surface area contributed by atoms with Gasteiger partial charge in [0.15, 0.2) is 5.13 Å². The zero-order chi connectivity index (χ0) is 18.5. The molecule has 0 amide bonds. The quantitative estimate of drug-likeness (QED) is 0.653. The highest BCUT2D eigenvalue weighted by Gasteiger charge is 2.41. The molecular weight excluding hydrogens is 378 g/mol. The standard InChI is InChI=1S/C20H18ClN5S/c1-12-4-5-16(21)18-17(12)24-20(27-18)26-10-14-8-25(9-15(14)11-26)19-13(7-22)3-2-6-23-19/h2-6,14-15H,8-11H2,1H3. The van der Waals surface area contributed by atoms with Crippen molar-refractivity contribution in [3.05, 3.63) is 46.6 Å².